The van der Waals surface area contributed by atoms with Crippen molar-refractivity contribution in [1.29, 1.82) is 0 Å². The summed E-state index contributed by atoms with van der Waals surface area (Å²) >= 11 is 6.65. The number of carbonyl (C=O) groups excluding carboxylic acids is 1. The molecule has 1 amide bonds. The van der Waals surface area contributed by atoms with Crippen LogP contribution in [0.2, 0.25) is 5.02 Å². The summed E-state index contributed by atoms with van der Waals surface area (Å²) in [6.07, 6.45) is 8.90. The van der Waals surface area contributed by atoms with Crippen LogP contribution in [0.25, 0.3) is 11.4 Å². The summed E-state index contributed by atoms with van der Waals surface area (Å²) < 4.78 is 5.38. The van der Waals surface area contributed by atoms with Gasteiger partial charge in [-0.1, -0.05) is 28.9 Å². The maximum Gasteiger partial charge on any atom is 0.230 e. The number of hydrogen-bond acceptors (Lipinski definition) is 5. The molecule has 2 heterocycles. The number of nitrogens with zero attached hydrogens (tertiary/aromatic N) is 3. The number of halogens is 1. The Morgan fingerprint density at radius 1 is 1.15 bits per heavy atom. The lowest BCUT2D eigenvalue weighted by molar-refractivity contribution is -0.168. The molecular weight excluding hydrogens is 438 g/mol. The van der Waals surface area contributed by atoms with Crippen LogP contribution < -0.4 is 0 Å². The first-order valence-corrected chi connectivity index (χ1v) is 13.0. The molecule has 3 unspecified atom stereocenters. The molecule has 0 spiro atoms. The number of aliphatic hydroxyl groups is 1. The van der Waals surface area contributed by atoms with Crippen LogP contribution in [-0.2, 0) is 11.2 Å². The average Bonchev–Trinajstić information content (AvgIpc) is 3.39. The molecule has 2 aromatic rings. The number of amides is 1. The van der Waals surface area contributed by atoms with Gasteiger partial charge in [-0.25, -0.2) is 0 Å². The van der Waals surface area contributed by atoms with E-state index < -0.39 is 5.60 Å². The third-order valence-electron chi connectivity index (χ3n) is 9.05. The molecule has 1 N–H and O–H groups in total. The van der Waals surface area contributed by atoms with Gasteiger partial charge in [-0.15, -0.1) is 0 Å². The maximum absolute atomic E-state index is 13.5. The van der Waals surface area contributed by atoms with E-state index in [0.717, 1.165) is 62.1 Å². The fraction of sp³-hybridized carbons (Fsp3) is 0.654. The number of benzene rings is 1. The highest BCUT2D eigenvalue weighted by atomic mass is 35.5. The molecule has 6 nitrogen and oxygen atoms in total. The minimum Gasteiger partial charge on any atom is -0.390 e. The molecule has 8 rings (SSSR count). The van der Waals surface area contributed by atoms with Crippen molar-refractivity contribution in [3.63, 3.8) is 0 Å². The number of hydrogen-bond donors (Lipinski definition) is 1. The molecule has 4 bridgehead atoms. The van der Waals surface area contributed by atoms with Crippen molar-refractivity contribution >= 4 is 17.5 Å². The number of carbonyl (C=O) groups is 1. The standard InChI is InChI=1S/C26H30ClN3O3/c27-21-10-17(23-28-24(33-29-23)15-1-2-15)4-3-16(21)9-18-5-6-30(25(18)31)22-19-7-14-8-20(22)13-26(32,11-14)12-19/h3-4,10,14-15,18-20,22,32H,1-2,5-9,11-13H2. The van der Waals surface area contributed by atoms with Crippen molar-refractivity contribution in [2.45, 2.75) is 75.3 Å². The molecule has 174 valence electrons. The van der Waals surface area contributed by atoms with Gasteiger partial charge < -0.3 is 14.5 Å². The molecule has 6 fully saturated rings. The Morgan fingerprint density at radius 3 is 2.64 bits per heavy atom. The van der Waals surface area contributed by atoms with Crippen LogP contribution in [0.4, 0.5) is 0 Å². The van der Waals surface area contributed by atoms with Crippen molar-refractivity contribution in [2.24, 2.45) is 23.7 Å². The van der Waals surface area contributed by atoms with Gasteiger partial charge in [0.05, 0.1) is 5.60 Å². The second kappa shape index (κ2) is 7.29. The van der Waals surface area contributed by atoms with Crippen molar-refractivity contribution in [3.05, 3.63) is 34.7 Å². The minimum absolute atomic E-state index is 0.0136. The van der Waals surface area contributed by atoms with Gasteiger partial charge in [-0.2, -0.15) is 4.98 Å². The molecule has 1 aliphatic heterocycles. The highest BCUT2D eigenvalue weighted by Crippen LogP contribution is 2.57. The molecule has 5 saturated carbocycles. The normalized spacial score (nSPS) is 37.3. The van der Waals surface area contributed by atoms with Gasteiger partial charge in [-0.3, -0.25) is 4.79 Å². The molecule has 5 aliphatic carbocycles. The van der Waals surface area contributed by atoms with Crippen LogP contribution in [0.5, 0.6) is 0 Å². The Hall–Kier alpha value is -1.92. The third kappa shape index (κ3) is 3.44. The molecule has 0 radical (unpaired) electrons. The predicted molar refractivity (Wildman–Crippen MR) is 123 cm³/mol. The number of likely N-dealkylation sites (tertiary alicyclic amines) is 1. The van der Waals surface area contributed by atoms with E-state index in [2.05, 4.69) is 15.0 Å². The molecule has 7 heteroatoms. The molecule has 6 aliphatic rings. The maximum atomic E-state index is 13.5. The van der Waals surface area contributed by atoms with E-state index in [1.807, 2.05) is 18.2 Å². The number of aromatic nitrogens is 2. The Bertz CT molecular complexity index is 1100. The second-order valence-corrected chi connectivity index (χ2v) is 11.9. The summed E-state index contributed by atoms with van der Waals surface area (Å²) in [6.45, 7) is 0.840. The average molecular weight is 468 g/mol. The lowest BCUT2D eigenvalue weighted by Crippen LogP contribution is -2.62. The van der Waals surface area contributed by atoms with Gasteiger partial charge in [0.15, 0.2) is 0 Å². The zero-order valence-corrected chi connectivity index (χ0v) is 19.5. The topological polar surface area (TPSA) is 79.5 Å². The van der Waals surface area contributed by atoms with E-state index in [9.17, 15) is 9.90 Å². The van der Waals surface area contributed by atoms with Gasteiger partial charge in [0, 0.05) is 35.0 Å². The molecular formula is C26H30ClN3O3. The first-order valence-electron chi connectivity index (χ1n) is 12.6. The second-order valence-electron chi connectivity index (χ2n) is 11.4. The highest BCUT2D eigenvalue weighted by Gasteiger charge is 2.57. The van der Waals surface area contributed by atoms with Crippen molar-refractivity contribution < 1.29 is 14.4 Å². The van der Waals surface area contributed by atoms with Crippen molar-refractivity contribution in [3.8, 4) is 11.4 Å². The Balaban J connectivity index is 1.05. The fourth-order valence-electron chi connectivity index (χ4n) is 7.68. The van der Waals surface area contributed by atoms with Crippen molar-refractivity contribution in [1.82, 2.24) is 15.0 Å². The predicted octanol–water partition coefficient (Wildman–Crippen LogP) is 4.60. The van der Waals surface area contributed by atoms with Crippen LogP contribution in [-0.4, -0.2) is 44.2 Å². The zero-order valence-electron chi connectivity index (χ0n) is 18.8. The highest BCUT2D eigenvalue weighted by molar-refractivity contribution is 6.31. The van der Waals surface area contributed by atoms with Crippen LogP contribution in [0.1, 0.15) is 68.7 Å². The summed E-state index contributed by atoms with van der Waals surface area (Å²) in [5, 5.41) is 15.7. The Kier molecular flexibility index (Phi) is 4.52. The van der Waals surface area contributed by atoms with Gasteiger partial charge in [0.25, 0.3) is 0 Å². The minimum atomic E-state index is -0.456. The molecule has 1 aromatic heterocycles. The Morgan fingerprint density at radius 2 is 1.94 bits per heavy atom. The SMILES string of the molecule is O=C1C(Cc2ccc(-c3noc(C4CC4)n3)cc2Cl)CCN1C1C2CC3CC1CC(O)(C3)C2. The van der Waals surface area contributed by atoms with Crippen LogP contribution in [0.3, 0.4) is 0 Å². The van der Waals surface area contributed by atoms with E-state index in [4.69, 9.17) is 16.1 Å². The van der Waals surface area contributed by atoms with Gasteiger partial charge in [-0.05, 0) is 87.2 Å². The van der Waals surface area contributed by atoms with Gasteiger partial charge >= 0.3 is 0 Å². The van der Waals surface area contributed by atoms with Crippen LogP contribution in [0, 0.1) is 23.7 Å². The summed E-state index contributed by atoms with van der Waals surface area (Å²) in [5.74, 6) is 3.61. The fourth-order valence-corrected chi connectivity index (χ4v) is 7.94. The van der Waals surface area contributed by atoms with E-state index >= 15 is 0 Å². The third-order valence-corrected chi connectivity index (χ3v) is 9.40. The van der Waals surface area contributed by atoms with Crippen molar-refractivity contribution in [2.75, 3.05) is 6.54 Å². The van der Waals surface area contributed by atoms with E-state index in [1.54, 1.807) is 0 Å². The summed E-state index contributed by atoms with van der Waals surface area (Å²) in [7, 11) is 0. The van der Waals surface area contributed by atoms with Gasteiger partial charge in [0.2, 0.25) is 17.6 Å². The molecule has 3 atom stereocenters. The van der Waals surface area contributed by atoms with E-state index in [1.165, 1.54) is 12.8 Å². The summed E-state index contributed by atoms with van der Waals surface area (Å²) in [4.78, 5) is 20.2. The summed E-state index contributed by atoms with van der Waals surface area (Å²) in [5.41, 5.74) is 1.40. The smallest absolute Gasteiger partial charge is 0.230 e. The quantitative estimate of drug-likeness (QED) is 0.695. The lowest BCUT2D eigenvalue weighted by atomic mass is 9.52. The first kappa shape index (κ1) is 20.5. The molecule has 1 saturated heterocycles. The molecule has 33 heavy (non-hydrogen) atoms. The van der Waals surface area contributed by atoms with E-state index in [0.29, 0.717) is 47.0 Å². The van der Waals surface area contributed by atoms with Gasteiger partial charge in [0.1, 0.15) is 0 Å². The van der Waals surface area contributed by atoms with E-state index in [-0.39, 0.29) is 11.8 Å². The first-order chi connectivity index (χ1) is 16.0. The monoisotopic (exact) mass is 467 g/mol. The Labute approximate surface area is 198 Å². The largest absolute Gasteiger partial charge is 0.390 e. The zero-order chi connectivity index (χ0) is 22.3. The number of rotatable bonds is 5. The van der Waals surface area contributed by atoms with Crippen LogP contribution in [0.15, 0.2) is 22.7 Å². The lowest BCUT2D eigenvalue weighted by Gasteiger charge is -2.59. The molecule has 1 aromatic carbocycles. The summed E-state index contributed by atoms with van der Waals surface area (Å²) in [6, 6.07) is 6.22. The van der Waals surface area contributed by atoms with Crippen LogP contribution >= 0.6 is 11.6 Å².